The lowest BCUT2D eigenvalue weighted by Gasteiger charge is -1.99. The van der Waals surface area contributed by atoms with Crippen LogP contribution in [-0.4, -0.2) is 23.5 Å². The standard InChI is InChI=1S/C15H12Cl2N2O3S/c1-2-22-14(21)12-8-23-15(18-12)19-13(20)6-4-9-3-5-10(16)11(17)7-9/h3-8H,2H2,1H3,(H,18,19,20). The van der Waals surface area contributed by atoms with Crippen LogP contribution in [0, 0.1) is 0 Å². The quantitative estimate of drug-likeness (QED) is 0.629. The van der Waals surface area contributed by atoms with Crippen molar-refractivity contribution in [1.29, 1.82) is 0 Å². The third kappa shape index (κ3) is 5.06. The highest BCUT2D eigenvalue weighted by Crippen LogP contribution is 2.23. The number of carbonyl (C=O) groups is 2. The van der Waals surface area contributed by atoms with Crippen molar-refractivity contribution in [2.45, 2.75) is 6.92 Å². The van der Waals surface area contributed by atoms with Crippen LogP contribution in [-0.2, 0) is 9.53 Å². The average molecular weight is 371 g/mol. The summed E-state index contributed by atoms with van der Waals surface area (Å²) in [6.07, 6.45) is 2.93. The molecule has 2 aromatic rings. The van der Waals surface area contributed by atoms with Crippen LogP contribution in [0.15, 0.2) is 29.7 Å². The molecule has 0 aliphatic rings. The number of benzene rings is 1. The van der Waals surface area contributed by atoms with Gasteiger partial charge in [0.15, 0.2) is 10.8 Å². The summed E-state index contributed by atoms with van der Waals surface area (Å²) in [5.41, 5.74) is 0.904. The Labute approximate surface area is 146 Å². The predicted octanol–water partition coefficient (Wildman–Crippen LogP) is 4.28. The molecule has 1 aromatic heterocycles. The SMILES string of the molecule is CCOC(=O)c1csc(NC(=O)C=Cc2ccc(Cl)c(Cl)c2)n1. The molecule has 23 heavy (non-hydrogen) atoms. The van der Waals surface area contributed by atoms with E-state index in [1.165, 1.54) is 11.5 Å². The predicted molar refractivity (Wildman–Crippen MR) is 92.2 cm³/mol. The molecule has 0 bridgehead atoms. The first-order valence-electron chi connectivity index (χ1n) is 6.56. The fourth-order valence-corrected chi connectivity index (χ4v) is 2.55. The molecule has 5 nitrogen and oxygen atoms in total. The van der Waals surface area contributed by atoms with E-state index in [2.05, 4.69) is 10.3 Å². The zero-order valence-corrected chi connectivity index (χ0v) is 14.3. The van der Waals surface area contributed by atoms with Crippen LogP contribution < -0.4 is 5.32 Å². The lowest BCUT2D eigenvalue weighted by Crippen LogP contribution is -2.09. The molecule has 1 amide bonds. The Hall–Kier alpha value is -1.89. The second-order valence-corrected chi connectivity index (χ2v) is 5.93. The number of nitrogens with one attached hydrogen (secondary N) is 1. The molecule has 0 aliphatic heterocycles. The maximum absolute atomic E-state index is 11.8. The molecule has 0 fully saturated rings. The van der Waals surface area contributed by atoms with Crippen molar-refractivity contribution >= 4 is 57.6 Å². The van der Waals surface area contributed by atoms with Crippen molar-refractivity contribution in [2.24, 2.45) is 0 Å². The number of amides is 1. The van der Waals surface area contributed by atoms with Crippen molar-refractivity contribution in [1.82, 2.24) is 4.98 Å². The lowest BCUT2D eigenvalue weighted by atomic mass is 10.2. The highest BCUT2D eigenvalue weighted by atomic mass is 35.5. The van der Waals surface area contributed by atoms with E-state index in [0.717, 1.165) is 16.9 Å². The first kappa shape index (κ1) is 17.5. The Morgan fingerprint density at radius 2 is 2.13 bits per heavy atom. The summed E-state index contributed by atoms with van der Waals surface area (Å²) >= 11 is 12.9. The van der Waals surface area contributed by atoms with Crippen molar-refractivity contribution < 1.29 is 14.3 Å². The summed E-state index contributed by atoms with van der Waals surface area (Å²) in [5.74, 6) is -0.892. The molecule has 0 saturated carbocycles. The Morgan fingerprint density at radius 1 is 1.35 bits per heavy atom. The first-order chi connectivity index (χ1) is 11.0. The lowest BCUT2D eigenvalue weighted by molar-refractivity contribution is -0.111. The number of carbonyl (C=O) groups excluding carboxylic acids is 2. The molecule has 1 N–H and O–H groups in total. The highest BCUT2D eigenvalue weighted by molar-refractivity contribution is 7.14. The number of aromatic nitrogens is 1. The van der Waals surface area contributed by atoms with Crippen LogP contribution in [0.5, 0.6) is 0 Å². The monoisotopic (exact) mass is 370 g/mol. The van der Waals surface area contributed by atoms with E-state index < -0.39 is 5.97 Å². The van der Waals surface area contributed by atoms with E-state index in [0.29, 0.717) is 15.2 Å². The molecule has 0 radical (unpaired) electrons. The summed E-state index contributed by atoms with van der Waals surface area (Å²) < 4.78 is 4.83. The number of nitrogens with zero attached hydrogens (tertiary/aromatic N) is 1. The van der Waals surface area contributed by atoms with E-state index in [4.69, 9.17) is 27.9 Å². The van der Waals surface area contributed by atoms with Crippen LogP contribution in [0.2, 0.25) is 10.0 Å². The van der Waals surface area contributed by atoms with Crippen molar-refractivity contribution in [3.8, 4) is 0 Å². The van der Waals surface area contributed by atoms with E-state index >= 15 is 0 Å². The molecule has 2 rings (SSSR count). The maximum atomic E-state index is 11.8. The maximum Gasteiger partial charge on any atom is 0.357 e. The molecule has 8 heteroatoms. The summed E-state index contributed by atoms with van der Waals surface area (Å²) in [7, 11) is 0. The Balaban J connectivity index is 1.98. The van der Waals surface area contributed by atoms with Gasteiger partial charge in [-0.2, -0.15) is 0 Å². The minimum atomic E-state index is -0.518. The fourth-order valence-electron chi connectivity index (χ4n) is 1.56. The molecular weight excluding hydrogens is 359 g/mol. The molecule has 1 aromatic carbocycles. The topological polar surface area (TPSA) is 68.3 Å². The van der Waals surface area contributed by atoms with Gasteiger partial charge in [0.1, 0.15) is 0 Å². The number of hydrogen-bond donors (Lipinski definition) is 1. The molecular formula is C15H12Cl2N2O3S. The summed E-state index contributed by atoms with van der Waals surface area (Å²) in [4.78, 5) is 27.3. The molecule has 0 atom stereocenters. The minimum Gasteiger partial charge on any atom is -0.461 e. The zero-order chi connectivity index (χ0) is 16.8. The molecule has 1 heterocycles. The van der Waals surface area contributed by atoms with E-state index in [1.807, 2.05) is 0 Å². The fraction of sp³-hybridized carbons (Fsp3) is 0.133. The van der Waals surface area contributed by atoms with Crippen LogP contribution in [0.25, 0.3) is 6.08 Å². The molecule has 0 saturated heterocycles. The first-order valence-corrected chi connectivity index (χ1v) is 8.20. The van der Waals surface area contributed by atoms with Crippen molar-refractivity contribution in [2.75, 3.05) is 11.9 Å². The largest absolute Gasteiger partial charge is 0.461 e. The Bertz CT molecular complexity index is 759. The molecule has 0 spiro atoms. The smallest absolute Gasteiger partial charge is 0.357 e. The van der Waals surface area contributed by atoms with Crippen molar-refractivity contribution in [3.63, 3.8) is 0 Å². The van der Waals surface area contributed by atoms with Gasteiger partial charge in [0.25, 0.3) is 0 Å². The van der Waals surface area contributed by atoms with Crippen LogP contribution >= 0.6 is 34.5 Å². The van der Waals surface area contributed by atoms with Crippen LogP contribution in [0.4, 0.5) is 5.13 Å². The van der Waals surface area contributed by atoms with Crippen LogP contribution in [0.1, 0.15) is 23.0 Å². The van der Waals surface area contributed by atoms with Gasteiger partial charge in [0, 0.05) is 11.5 Å². The average Bonchev–Trinajstić information content (AvgIpc) is 2.97. The number of esters is 1. The van der Waals surface area contributed by atoms with Gasteiger partial charge in [-0.15, -0.1) is 11.3 Å². The van der Waals surface area contributed by atoms with Gasteiger partial charge in [-0.1, -0.05) is 29.3 Å². The van der Waals surface area contributed by atoms with Gasteiger partial charge in [-0.25, -0.2) is 9.78 Å². The Kier molecular flexibility index (Phi) is 6.15. The van der Waals surface area contributed by atoms with Gasteiger partial charge >= 0.3 is 5.97 Å². The number of rotatable bonds is 5. The van der Waals surface area contributed by atoms with E-state index in [-0.39, 0.29) is 18.2 Å². The Morgan fingerprint density at radius 3 is 2.83 bits per heavy atom. The zero-order valence-electron chi connectivity index (χ0n) is 12.0. The number of ether oxygens (including phenoxy) is 1. The number of halogens is 2. The van der Waals surface area contributed by atoms with Gasteiger partial charge in [-0.05, 0) is 30.7 Å². The van der Waals surface area contributed by atoms with Gasteiger partial charge in [0.05, 0.1) is 16.7 Å². The summed E-state index contributed by atoms with van der Waals surface area (Å²) in [5, 5.41) is 5.27. The van der Waals surface area contributed by atoms with Gasteiger partial charge in [-0.3, -0.25) is 10.1 Å². The second kappa shape index (κ2) is 8.10. The number of thiazole rings is 1. The highest BCUT2D eigenvalue weighted by Gasteiger charge is 2.12. The second-order valence-electron chi connectivity index (χ2n) is 4.25. The third-order valence-corrected chi connectivity index (χ3v) is 4.09. The number of hydrogen-bond acceptors (Lipinski definition) is 5. The van der Waals surface area contributed by atoms with Gasteiger partial charge in [0.2, 0.25) is 5.91 Å². The van der Waals surface area contributed by atoms with E-state index in [9.17, 15) is 9.59 Å². The van der Waals surface area contributed by atoms with Crippen LogP contribution in [0.3, 0.4) is 0 Å². The molecule has 0 aliphatic carbocycles. The number of anilines is 1. The normalized spacial score (nSPS) is 10.7. The van der Waals surface area contributed by atoms with E-state index in [1.54, 1.807) is 31.2 Å². The van der Waals surface area contributed by atoms with Crippen molar-refractivity contribution in [3.05, 3.63) is 51.0 Å². The molecule has 120 valence electrons. The third-order valence-electron chi connectivity index (χ3n) is 2.59. The minimum absolute atomic E-state index is 0.167. The molecule has 0 unspecified atom stereocenters. The van der Waals surface area contributed by atoms with Gasteiger partial charge < -0.3 is 4.74 Å². The summed E-state index contributed by atoms with van der Waals surface area (Å²) in [6.45, 7) is 1.98. The summed E-state index contributed by atoms with van der Waals surface area (Å²) in [6, 6.07) is 5.03.